The highest BCUT2D eigenvalue weighted by Crippen LogP contribution is 2.42. The monoisotopic (exact) mass is 257 g/mol. The summed E-state index contributed by atoms with van der Waals surface area (Å²) in [4.78, 5) is 3.43. The third-order valence-corrected chi connectivity index (χ3v) is 4.80. The number of nitrogens with one attached hydrogen (secondary N) is 2. The average Bonchev–Trinajstić information content (AvgIpc) is 2.75. The Hall–Kier alpha value is -1.05. The second kappa shape index (κ2) is 3.72. The lowest BCUT2D eigenvalue weighted by Gasteiger charge is -2.08. The van der Waals surface area contributed by atoms with Crippen LogP contribution in [0, 0.1) is 17.7 Å². The topological polar surface area (TPSA) is 71.1 Å². The molecule has 1 aliphatic heterocycles. The Balaban J connectivity index is 1.78. The average molecular weight is 257 g/mol. The second-order valence-corrected chi connectivity index (χ2v) is 6.19. The van der Waals surface area contributed by atoms with Crippen molar-refractivity contribution in [2.75, 3.05) is 13.1 Å². The largest absolute Gasteiger partial charge is 0.316 e. The highest BCUT2D eigenvalue weighted by Gasteiger charge is 2.54. The molecule has 1 aromatic heterocycles. The summed E-state index contributed by atoms with van der Waals surface area (Å²) >= 11 is 0. The van der Waals surface area contributed by atoms with E-state index in [2.05, 4.69) is 15.0 Å². The Morgan fingerprint density at radius 3 is 2.71 bits per heavy atom. The number of rotatable bonds is 3. The Bertz CT molecular complexity index is 538. The van der Waals surface area contributed by atoms with Gasteiger partial charge >= 0.3 is 0 Å². The first kappa shape index (κ1) is 11.1. The minimum atomic E-state index is -3.64. The molecule has 2 atom stereocenters. The molecule has 1 saturated carbocycles. The van der Waals surface area contributed by atoms with Crippen molar-refractivity contribution in [3.63, 3.8) is 0 Å². The fourth-order valence-corrected chi connectivity index (χ4v) is 3.69. The van der Waals surface area contributed by atoms with E-state index in [1.54, 1.807) is 0 Å². The molecule has 2 fully saturated rings. The highest BCUT2D eigenvalue weighted by molar-refractivity contribution is 7.89. The second-order valence-electron chi connectivity index (χ2n) is 4.47. The normalized spacial score (nSPS) is 31.2. The zero-order valence-electron chi connectivity index (χ0n) is 8.93. The molecule has 0 amide bonds. The molecular formula is C10H12FN3O2S. The molecule has 2 N–H and O–H groups in total. The van der Waals surface area contributed by atoms with E-state index in [1.165, 1.54) is 0 Å². The van der Waals surface area contributed by atoms with E-state index < -0.39 is 15.8 Å². The molecule has 3 rings (SSSR count). The molecule has 1 aliphatic carbocycles. The molecule has 5 nitrogen and oxygen atoms in total. The molecule has 0 radical (unpaired) electrons. The first-order valence-corrected chi connectivity index (χ1v) is 6.90. The van der Waals surface area contributed by atoms with Gasteiger partial charge in [0.05, 0.1) is 6.20 Å². The minimum Gasteiger partial charge on any atom is -0.316 e. The smallest absolute Gasteiger partial charge is 0.242 e. The summed E-state index contributed by atoms with van der Waals surface area (Å²) in [5.41, 5.74) is 0. The highest BCUT2D eigenvalue weighted by atomic mass is 32.2. The lowest BCUT2D eigenvalue weighted by molar-refractivity contribution is 0.561. The standard InChI is InChI=1S/C10H12FN3O2S/c11-6-1-7(3-12-2-6)17(15,16)14-10-8-4-13-5-9(8)10/h1-3,8-10,13-14H,4-5H2. The predicted octanol–water partition coefficient (Wildman–Crippen LogP) is -0.283. The number of piperidine rings is 1. The van der Waals surface area contributed by atoms with Crippen LogP contribution < -0.4 is 10.0 Å². The van der Waals surface area contributed by atoms with Crippen molar-refractivity contribution in [2.45, 2.75) is 10.9 Å². The van der Waals surface area contributed by atoms with Gasteiger partial charge in [-0.15, -0.1) is 0 Å². The van der Waals surface area contributed by atoms with Gasteiger partial charge in [0.1, 0.15) is 10.7 Å². The van der Waals surface area contributed by atoms with Gasteiger partial charge in [-0.05, 0) is 31.0 Å². The maximum atomic E-state index is 12.9. The molecule has 0 aromatic carbocycles. The van der Waals surface area contributed by atoms with Crippen LogP contribution in [0.4, 0.5) is 4.39 Å². The molecule has 0 bridgehead atoms. The molecule has 2 heterocycles. The quantitative estimate of drug-likeness (QED) is 0.781. The van der Waals surface area contributed by atoms with Crippen LogP contribution in [-0.2, 0) is 10.0 Å². The van der Waals surface area contributed by atoms with Crippen molar-refractivity contribution in [3.05, 3.63) is 24.3 Å². The molecule has 17 heavy (non-hydrogen) atoms. The number of hydrogen-bond acceptors (Lipinski definition) is 4. The molecule has 7 heteroatoms. The zero-order chi connectivity index (χ0) is 12.0. The van der Waals surface area contributed by atoms with Crippen LogP contribution in [0.3, 0.4) is 0 Å². The van der Waals surface area contributed by atoms with Gasteiger partial charge in [-0.2, -0.15) is 0 Å². The molecule has 0 spiro atoms. The lowest BCUT2D eigenvalue weighted by atomic mass is 10.4. The molecule has 92 valence electrons. The summed E-state index contributed by atoms with van der Waals surface area (Å²) < 4.78 is 39.4. The number of aromatic nitrogens is 1. The molecule has 1 aromatic rings. The minimum absolute atomic E-state index is 0.00971. The first-order chi connectivity index (χ1) is 8.08. The Kier molecular flexibility index (Phi) is 2.42. The Morgan fingerprint density at radius 2 is 2.06 bits per heavy atom. The Morgan fingerprint density at radius 1 is 1.35 bits per heavy atom. The fraction of sp³-hybridized carbons (Fsp3) is 0.500. The van der Waals surface area contributed by atoms with Crippen LogP contribution in [0.15, 0.2) is 23.4 Å². The maximum absolute atomic E-state index is 12.9. The molecule has 2 unspecified atom stereocenters. The molecule has 1 saturated heterocycles. The number of sulfonamides is 1. The summed E-state index contributed by atoms with van der Waals surface area (Å²) in [5, 5.41) is 3.18. The third-order valence-electron chi connectivity index (χ3n) is 3.37. The van der Waals surface area contributed by atoms with Crippen LogP contribution in [0.1, 0.15) is 0 Å². The van der Waals surface area contributed by atoms with Gasteiger partial charge in [-0.1, -0.05) is 0 Å². The summed E-state index contributed by atoms with van der Waals surface area (Å²) in [7, 11) is -3.64. The van der Waals surface area contributed by atoms with Crippen molar-refractivity contribution in [2.24, 2.45) is 11.8 Å². The van der Waals surface area contributed by atoms with Crippen LogP contribution in [-0.4, -0.2) is 32.5 Å². The van der Waals surface area contributed by atoms with E-state index in [-0.39, 0.29) is 10.9 Å². The van der Waals surface area contributed by atoms with Crippen molar-refractivity contribution in [1.29, 1.82) is 0 Å². The van der Waals surface area contributed by atoms with Gasteiger partial charge < -0.3 is 5.32 Å². The summed E-state index contributed by atoms with van der Waals surface area (Å²) in [6.07, 6.45) is 2.14. The zero-order valence-corrected chi connectivity index (χ0v) is 9.74. The maximum Gasteiger partial charge on any atom is 0.242 e. The van der Waals surface area contributed by atoms with Gasteiger partial charge in [0.2, 0.25) is 10.0 Å². The van der Waals surface area contributed by atoms with E-state index in [4.69, 9.17) is 0 Å². The SMILES string of the molecule is O=S(=O)(NC1C2CNCC21)c1cncc(F)c1. The van der Waals surface area contributed by atoms with Crippen molar-refractivity contribution >= 4 is 10.0 Å². The number of pyridine rings is 1. The van der Waals surface area contributed by atoms with E-state index in [9.17, 15) is 12.8 Å². The van der Waals surface area contributed by atoms with Crippen molar-refractivity contribution in [1.82, 2.24) is 15.0 Å². The van der Waals surface area contributed by atoms with Gasteiger partial charge in [-0.3, -0.25) is 4.98 Å². The van der Waals surface area contributed by atoms with Crippen LogP contribution in [0.2, 0.25) is 0 Å². The van der Waals surface area contributed by atoms with Gasteiger partial charge in [0, 0.05) is 12.2 Å². The predicted molar refractivity (Wildman–Crippen MR) is 58.2 cm³/mol. The van der Waals surface area contributed by atoms with E-state index in [0.29, 0.717) is 11.8 Å². The fourth-order valence-electron chi connectivity index (χ4n) is 2.38. The van der Waals surface area contributed by atoms with Crippen LogP contribution >= 0.6 is 0 Å². The van der Waals surface area contributed by atoms with Crippen LogP contribution in [0.25, 0.3) is 0 Å². The van der Waals surface area contributed by atoms with Gasteiger partial charge in [0.15, 0.2) is 0 Å². The number of hydrogen-bond donors (Lipinski definition) is 2. The first-order valence-electron chi connectivity index (χ1n) is 5.41. The Labute approximate surface area is 98.5 Å². The van der Waals surface area contributed by atoms with E-state index in [1.807, 2.05) is 0 Å². The molecule has 2 aliphatic rings. The van der Waals surface area contributed by atoms with E-state index in [0.717, 1.165) is 31.5 Å². The van der Waals surface area contributed by atoms with Crippen molar-refractivity contribution in [3.8, 4) is 0 Å². The van der Waals surface area contributed by atoms with Crippen LogP contribution in [0.5, 0.6) is 0 Å². The number of fused-ring (bicyclic) bond motifs is 1. The molecular weight excluding hydrogens is 245 g/mol. The van der Waals surface area contributed by atoms with Gasteiger partial charge in [-0.25, -0.2) is 17.5 Å². The summed E-state index contributed by atoms with van der Waals surface area (Å²) in [6.45, 7) is 1.69. The lowest BCUT2D eigenvalue weighted by Crippen LogP contribution is -2.32. The summed E-state index contributed by atoms with van der Waals surface area (Å²) in [6, 6.07) is 0.968. The number of halogens is 1. The number of nitrogens with zero attached hydrogens (tertiary/aromatic N) is 1. The summed E-state index contributed by atoms with van der Waals surface area (Å²) in [5.74, 6) is 0.114. The third kappa shape index (κ3) is 1.94. The van der Waals surface area contributed by atoms with Crippen molar-refractivity contribution < 1.29 is 12.8 Å². The van der Waals surface area contributed by atoms with E-state index >= 15 is 0 Å². The van der Waals surface area contributed by atoms with Gasteiger partial charge in [0.25, 0.3) is 0 Å².